The van der Waals surface area contributed by atoms with E-state index < -0.39 is 0 Å². The van der Waals surface area contributed by atoms with Crippen molar-refractivity contribution in [3.8, 4) is 17.2 Å². The molecule has 0 aliphatic heterocycles. The summed E-state index contributed by atoms with van der Waals surface area (Å²) in [7, 11) is 0. The summed E-state index contributed by atoms with van der Waals surface area (Å²) in [5, 5.41) is 10.6. The molecule has 1 aromatic heterocycles. The third-order valence-corrected chi connectivity index (χ3v) is 4.70. The number of aliphatic imine (C=N–C) groups is 1. The number of benzene rings is 3. The number of fused-ring (bicyclic) bond motifs is 1. The molecule has 0 aliphatic rings. The van der Waals surface area contributed by atoms with Gasteiger partial charge >= 0.3 is 0 Å². The summed E-state index contributed by atoms with van der Waals surface area (Å²) in [6.07, 6.45) is 1.52. The van der Waals surface area contributed by atoms with Crippen molar-refractivity contribution in [1.82, 2.24) is 4.98 Å². The fourth-order valence-electron chi connectivity index (χ4n) is 2.54. The lowest BCUT2D eigenvalue weighted by atomic mass is 10.2. The Hall–Kier alpha value is -2.70. The second-order valence-corrected chi connectivity index (χ2v) is 7.05. The highest BCUT2D eigenvalue weighted by atomic mass is 79.9. The Labute approximate surface area is 167 Å². The largest absolute Gasteiger partial charge is 0.506 e. The van der Waals surface area contributed by atoms with Crippen LogP contribution in [-0.2, 0) is 0 Å². The monoisotopic (exact) mass is 444 g/mol. The number of nitrogens with zero attached hydrogens (tertiary/aromatic N) is 2. The van der Waals surface area contributed by atoms with E-state index in [0.29, 0.717) is 43.3 Å². The van der Waals surface area contributed by atoms with Crippen LogP contribution in [0, 0.1) is 5.82 Å². The highest BCUT2D eigenvalue weighted by Gasteiger charge is 2.09. The molecule has 0 saturated heterocycles. The van der Waals surface area contributed by atoms with Crippen molar-refractivity contribution in [3.05, 3.63) is 75.5 Å². The fourth-order valence-corrected chi connectivity index (χ4v) is 3.37. The first kappa shape index (κ1) is 17.7. The molecule has 0 saturated carbocycles. The number of oxazole rings is 1. The second-order valence-electron chi connectivity index (χ2n) is 5.76. The molecule has 0 radical (unpaired) electrons. The maximum atomic E-state index is 13.1. The Balaban J connectivity index is 1.67. The van der Waals surface area contributed by atoms with Gasteiger partial charge in [-0.05, 0) is 70.5 Å². The predicted molar refractivity (Wildman–Crippen MR) is 107 cm³/mol. The minimum atomic E-state index is -0.317. The number of phenolic OH excluding ortho intramolecular Hbond substituents is 1. The van der Waals surface area contributed by atoms with Gasteiger partial charge in [-0.15, -0.1) is 0 Å². The van der Waals surface area contributed by atoms with Crippen molar-refractivity contribution in [2.75, 3.05) is 0 Å². The van der Waals surface area contributed by atoms with E-state index in [-0.39, 0.29) is 11.6 Å². The van der Waals surface area contributed by atoms with Crippen molar-refractivity contribution in [2.45, 2.75) is 0 Å². The average molecular weight is 446 g/mol. The topological polar surface area (TPSA) is 58.6 Å². The van der Waals surface area contributed by atoms with Gasteiger partial charge in [-0.25, -0.2) is 9.37 Å². The number of aromatic nitrogens is 1. The van der Waals surface area contributed by atoms with Crippen molar-refractivity contribution >= 4 is 50.5 Å². The molecule has 27 heavy (non-hydrogen) atoms. The second kappa shape index (κ2) is 7.13. The van der Waals surface area contributed by atoms with Gasteiger partial charge in [-0.1, -0.05) is 11.6 Å². The summed E-state index contributed by atoms with van der Waals surface area (Å²) in [4.78, 5) is 8.80. The zero-order chi connectivity index (χ0) is 19.0. The van der Waals surface area contributed by atoms with Gasteiger partial charge in [0, 0.05) is 22.4 Å². The summed E-state index contributed by atoms with van der Waals surface area (Å²) in [5.74, 6) is 0.147. The van der Waals surface area contributed by atoms with Crippen LogP contribution in [0.3, 0.4) is 0 Å². The number of hydrogen-bond acceptors (Lipinski definition) is 4. The minimum absolute atomic E-state index is 0.0595. The summed E-state index contributed by atoms with van der Waals surface area (Å²) >= 11 is 9.25. The number of phenols is 1. The smallest absolute Gasteiger partial charge is 0.227 e. The first-order chi connectivity index (χ1) is 13.0. The van der Waals surface area contributed by atoms with Crippen molar-refractivity contribution in [2.24, 2.45) is 4.99 Å². The Bertz CT molecular complexity index is 1170. The average Bonchev–Trinajstić information content (AvgIpc) is 3.07. The van der Waals surface area contributed by atoms with Gasteiger partial charge < -0.3 is 9.52 Å². The molecule has 0 spiro atoms. The van der Waals surface area contributed by atoms with Gasteiger partial charge in [0.1, 0.15) is 17.1 Å². The highest BCUT2D eigenvalue weighted by molar-refractivity contribution is 9.10. The molecule has 0 aliphatic carbocycles. The molecule has 4 aromatic rings. The van der Waals surface area contributed by atoms with Gasteiger partial charge in [0.05, 0.1) is 10.2 Å². The SMILES string of the molecule is Oc1c(Br)cc(Cl)cc1C=Nc1ccc2oc(-c3ccc(F)cc3)nc2c1. The van der Waals surface area contributed by atoms with E-state index >= 15 is 0 Å². The molecular weight excluding hydrogens is 435 g/mol. The van der Waals surface area contributed by atoms with Gasteiger partial charge in [0.15, 0.2) is 5.58 Å². The van der Waals surface area contributed by atoms with Gasteiger partial charge in [-0.3, -0.25) is 4.99 Å². The third kappa shape index (κ3) is 3.72. The van der Waals surface area contributed by atoms with E-state index in [1.54, 1.807) is 42.5 Å². The quantitative estimate of drug-likeness (QED) is 0.366. The van der Waals surface area contributed by atoms with Crippen LogP contribution in [0.2, 0.25) is 5.02 Å². The highest BCUT2D eigenvalue weighted by Crippen LogP contribution is 2.31. The Morgan fingerprint density at radius 2 is 1.89 bits per heavy atom. The van der Waals surface area contributed by atoms with Crippen LogP contribution in [0.15, 0.2) is 68.5 Å². The molecule has 0 amide bonds. The van der Waals surface area contributed by atoms with E-state index in [1.165, 1.54) is 18.3 Å². The predicted octanol–water partition coefficient (Wildman–Crippen LogP) is 6.51. The van der Waals surface area contributed by atoms with Crippen LogP contribution in [0.25, 0.3) is 22.6 Å². The molecule has 1 heterocycles. The molecule has 3 aromatic carbocycles. The summed E-state index contributed by atoms with van der Waals surface area (Å²) in [6, 6.07) is 14.5. The number of aromatic hydroxyl groups is 1. The normalized spacial score (nSPS) is 11.5. The van der Waals surface area contributed by atoms with E-state index in [1.807, 2.05) is 0 Å². The lowest BCUT2D eigenvalue weighted by Crippen LogP contribution is -1.84. The lowest BCUT2D eigenvalue weighted by Gasteiger charge is -2.02. The Morgan fingerprint density at radius 3 is 2.67 bits per heavy atom. The third-order valence-electron chi connectivity index (χ3n) is 3.87. The van der Waals surface area contributed by atoms with Crippen molar-refractivity contribution in [1.29, 1.82) is 0 Å². The standard InChI is InChI=1S/C20H11BrClFN2O2/c21-16-8-13(22)7-12(19(16)26)10-24-15-5-6-18-17(9-15)25-20(27-18)11-1-3-14(23)4-2-11/h1-10,26H. The lowest BCUT2D eigenvalue weighted by molar-refractivity contribution is 0.471. The van der Waals surface area contributed by atoms with E-state index in [2.05, 4.69) is 25.9 Å². The van der Waals surface area contributed by atoms with Crippen molar-refractivity contribution in [3.63, 3.8) is 0 Å². The van der Waals surface area contributed by atoms with E-state index in [9.17, 15) is 9.50 Å². The van der Waals surface area contributed by atoms with E-state index in [0.717, 1.165) is 0 Å². The molecule has 0 fully saturated rings. The van der Waals surface area contributed by atoms with Crippen molar-refractivity contribution < 1.29 is 13.9 Å². The molecule has 1 N–H and O–H groups in total. The van der Waals surface area contributed by atoms with Crippen LogP contribution in [0.4, 0.5) is 10.1 Å². The van der Waals surface area contributed by atoms with Gasteiger partial charge in [-0.2, -0.15) is 0 Å². The molecule has 0 atom stereocenters. The molecule has 0 unspecified atom stereocenters. The Kier molecular flexibility index (Phi) is 4.68. The molecule has 0 bridgehead atoms. The van der Waals surface area contributed by atoms with E-state index in [4.69, 9.17) is 16.0 Å². The number of rotatable bonds is 3. The first-order valence-electron chi connectivity index (χ1n) is 7.88. The van der Waals surface area contributed by atoms with Crippen LogP contribution < -0.4 is 0 Å². The van der Waals surface area contributed by atoms with Crippen LogP contribution in [0.5, 0.6) is 5.75 Å². The maximum Gasteiger partial charge on any atom is 0.227 e. The molecule has 4 nitrogen and oxygen atoms in total. The van der Waals surface area contributed by atoms with Crippen LogP contribution in [-0.4, -0.2) is 16.3 Å². The maximum absolute atomic E-state index is 13.1. The minimum Gasteiger partial charge on any atom is -0.506 e. The van der Waals surface area contributed by atoms with Crippen LogP contribution >= 0.6 is 27.5 Å². The summed E-state index contributed by atoms with van der Waals surface area (Å²) < 4.78 is 19.3. The van der Waals surface area contributed by atoms with Gasteiger partial charge in [0.25, 0.3) is 0 Å². The number of halogens is 3. The summed E-state index contributed by atoms with van der Waals surface area (Å²) in [6.45, 7) is 0. The first-order valence-corrected chi connectivity index (χ1v) is 9.05. The summed E-state index contributed by atoms with van der Waals surface area (Å²) in [5.41, 5.74) is 3.03. The zero-order valence-corrected chi connectivity index (χ0v) is 16.0. The molecular formula is C20H11BrClFN2O2. The molecule has 134 valence electrons. The fraction of sp³-hybridized carbons (Fsp3) is 0. The van der Waals surface area contributed by atoms with Crippen LogP contribution in [0.1, 0.15) is 5.56 Å². The number of hydrogen-bond donors (Lipinski definition) is 1. The van der Waals surface area contributed by atoms with Gasteiger partial charge in [0.2, 0.25) is 5.89 Å². The Morgan fingerprint density at radius 1 is 1.11 bits per heavy atom. The molecule has 7 heteroatoms. The zero-order valence-electron chi connectivity index (χ0n) is 13.7. The molecule has 4 rings (SSSR count).